The Balaban J connectivity index is 1.96. The van der Waals surface area contributed by atoms with Gasteiger partial charge in [-0.2, -0.15) is 4.98 Å². The summed E-state index contributed by atoms with van der Waals surface area (Å²) in [4.78, 5) is 8.97. The molecule has 6 heteroatoms. The molecule has 2 aromatic heterocycles. The number of pyridine rings is 1. The van der Waals surface area contributed by atoms with Crippen LogP contribution in [0.5, 0.6) is 0 Å². The molecule has 2 aromatic rings. The quantitative estimate of drug-likeness (QED) is 0.921. The highest BCUT2D eigenvalue weighted by atomic mass is 16.5. The second kappa shape index (κ2) is 5.91. The summed E-state index contributed by atoms with van der Waals surface area (Å²) < 4.78 is 10.9. The van der Waals surface area contributed by atoms with Gasteiger partial charge in [0.25, 0.3) is 0 Å². The van der Waals surface area contributed by atoms with Crippen molar-refractivity contribution in [1.29, 1.82) is 0 Å². The summed E-state index contributed by atoms with van der Waals surface area (Å²) in [6.07, 6.45) is 4.25. The maximum atomic E-state index is 5.98. The van der Waals surface area contributed by atoms with Gasteiger partial charge in [-0.3, -0.25) is 4.98 Å². The van der Waals surface area contributed by atoms with Gasteiger partial charge in [0, 0.05) is 26.0 Å². The predicted octanol–water partition coefficient (Wildman–Crippen LogP) is 1.70. The molecule has 1 aliphatic rings. The van der Waals surface area contributed by atoms with Gasteiger partial charge < -0.3 is 15.0 Å². The van der Waals surface area contributed by atoms with Gasteiger partial charge in [0.1, 0.15) is 5.69 Å². The SMILES string of the molecule is CCc1cccnc1-c1noc(C2(CN)CCOCC2)n1. The molecule has 0 radical (unpaired) electrons. The lowest BCUT2D eigenvalue weighted by molar-refractivity contribution is 0.0409. The van der Waals surface area contributed by atoms with Crippen molar-refractivity contribution in [3.8, 4) is 11.5 Å². The summed E-state index contributed by atoms with van der Waals surface area (Å²) in [5.74, 6) is 1.15. The standard InChI is InChI=1S/C15H20N4O2/c1-2-11-4-3-7-17-12(11)13-18-14(21-19-13)15(10-16)5-8-20-9-6-15/h3-4,7H,2,5-6,8-10,16H2,1H3. The van der Waals surface area contributed by atoms with E-state index in [1.807, 2.05) is 12.1 Å². The van der Waals surface area contributed by atoms with Crippen LogP contribution in [0.4, 0.5) is 0 Å². The van der Waals surface area contributed by atoms with Gasteiger partial charge in [0.15, 0.2) is 0 Å². The molecule has 0 bridgehead atoms. The Kier molecular flexibility index (Phi) is 3.98. The maximum Gasteiger partial charge on any atom is 0.234 e. The van der Waals surface area contributed by atoms with Gasteiger partial charge in [-0.15, -0.1) is 0 Å². The molecule has 0 amide bonds. The topological polar surface area (TPSA) is 87.1 Å². The molecule has 0 aliphatic carbocycles. The first-order valence-electron chi connectivity index (χ1n) is 7.35. The van der Waals surface area contributed by atoms with Crippen LogP contribution in [0.3, 0.4) is 0 Å². The lowest BCUT2D eigenvalue weighted by atomic mass is 9.80. The van der Waals surface area contributed by atoms with Crippen LogP contribution in [0.2, 0.25) is 0 Å². The van der Waals surface area contributed by atoms with E-state index in [2.05, 4.69) is 22.0 Å². The molecule has 3 heterocycles. The van der Waals surface area contributed by atoms with E-state index in [1.165, 1.54) is 0 Å². The largest absolute Gasteiger partial charge is 0.381 e. The first-order chi connectivity index (χ1) is 10.3. The molecule has 0 spiro atoms. The van der Waals surface area contributed by atoms with Crippen LogP contribution in [0.1, 0.15) is 31.2 Å². The smallest absolute Gasteiger partial charge is 0.234 e. The number of aryl methyl sites for hydroxylation is 1. The van der Waals surface area contributed by atoms with Crippen molar-refractivity contribution in [2.45, 2.75) is 31.6 Å². The van der Waals surface area contributed by atoms with Crippen LogP contribution in [0.25, 0.3) is 11.5 Å². The highest BCUT2D eigenvalue weighted by Gasteiger charge is 2.38. The van der Waals surface area contributed by atoms with Crippen LogP contribution in [0, 0.1) is 0 Å². The highest BCUT2D eigenvalue weighted by molar-refractivity contribution is 5.53. The molecule has 0 aromatic carbocycles. The van der Waals surface area contributed by atoms with Crippen LogP contribution >= 0.6 is 0 Å². The summed E-state index contributed by atoms with van der Waals surface area (Å²) in [5.41, 5.74) is 7.61. The minimum absolute atomic E-state index is 0.259. The molecule has 21 heavy (non-hydrogen) atoms. The normalized spacial score (nSPS) is 17.8. The molecule has 2 N–H and O–H groups in total. The molecule has 1 fully saturated rings. The number of nitrogens with zero attached hydrogens (tertiary/aromatic N) is 3. The van der Waals surface area contributed by atoms with Crippen molar-refractivity contribution >= 4 is 0 Å². The third kappa shape index (κ3) is 2.56. The van der Waals surface area contributed by atoms with Crippen molar-refractivity contribution in [3.05, 3.63) is 29.8 Å². The zero-order chi connectivity index (χ0) is 14.7. The van der Waals surface area contributed by atoms with Crippen LogP contribution < -0.4 is 5.73 Å². The number of hydrogen-bond donors (Lipinski definition) is 1. The van der Waals surface area contributed by atoms with E-state index in [0.717, 1.165) is 30.5 Å². The molecule has 3 rings (SSSR count). The van der Waals surface area contributed by atoms with Crippen LogP contribution in [-0.2, 0) is 16.6 Å². The van der Waals surface area contributed by atoms with E-state index in [4.69, 9.17) is 15.0 Å². The molecule has 1 saturated heterocycles. The second-order valence-electron chi connectivity index (χ2n) is 5.38. The Morgan fingerprint density at radius 1 is 1.33 bits per heavy atom. The van der Waals surface area contributed by atoms with Crippen LogP contribution in [0.15, 0.2) is 22.9 Å². The van der Waals surface area contributed by atoms with Gasteiger partial charge in [-0.1, -0.05) is 18.1 Å². The zero-order valence-electron chi connectivity index (χ0n) is 12.2. The number of nitrogens with two attached hydrogens (primary N) is 1. The molecule has 0 unspecified atom stereocenters. The third-order valence-electron chi connectivity index (χ3n) is 4.20. The lowest BCUT2D eigenvalue weighted by Gasteiger charge is -2.32. The summed E-state index contributed by atoms with van der Waals surface area (Å²) >= 11 is 0. The third-order valence-corrected chi connectivity index (χ3v) is 4.20. The summed E-state index contributed by atoms with van der Waals surface area (Å²) in [6.45, 7) is 3.93. The molecule has 0 saturated carbocycles. The predicted molar refractivity (Wildman–Crippen MR) is 77.7 cm³/mol. The molecule has 112 valence electrons. The Morgan fingerprint density at radius 3 is 2.86 bits per heavy atom. The summed E-state index contributed by atoms with van der Waals surface area (Å²) in [6, 6.07) is 3.95. The Labute approximate surface area is 123 Å². The monoisotopic (exact) mass is 288 g/mol. The van der Waals surface area contributed by atoms with Gasteiger partial charge >= 0.3 is 0 Å². The van der Waals surface area contributed by atoms with Crippen molar-refractivity contribution in [2.75, 3.05) is 19.8 Å². The molecule has 0 atom stereocenters. The number of hydrogen-bond acceptors (Lipinski definition) is 6. The average Bonchev–Trinajstić information content (AvgIpc) is 3.06. The fourth-order valence-electron chi connectivity index (χ4n) is 2.73. The Hall–Kier alpha value is -1.79. The minimum atomic E-state index is -0.259. The zero-order valence-corrected chi connectivity index (χ0v) is 12.2. The van der Waals surface area contributed by atoms with Gasteiger partial charge in [-0.05, 0) is 30.9 Å². The van der Waals surface area contributed by atoms with E-state index >= 15 is 0 Å². The Morgan fingerprint density at radius 2 is 2.14 bits per heavy atom. The van der Waals surface area contributed by atoms with E-state index in [-0.39, 0.29) is 5.41 Å². The van der Waals surface area contributed by atoms with E-state index < -0.39 is 0 Å². The van der Waals surface area contributed by atoms with Crippen molar-refractivity contribution in [2.24, 2.45) is 5.73 Å². The fourth-order valence-corrected chi connectivity index (χ4v) is 2.73. The van der Waals surface area contributed by atoms with E-state index in [1.54, 1.807) is 6.20 Å². The highest BCUT2D eigenvalue weighted by Crippen LogP contribution is 2.33. The first kappa shape index (κ1) is 14.2. The maximum absolute atomic E-state index is 5.98. The van der Waals surface area contributed by atoms with E-state index in [0.29, 0.717) is 31.5 Å². The van der Waals surface area contributed by atoms with Gasteiger partial charge in [-0.25, -0.2) is 0 Å². The molecule has 6 nitrogen and oxygen atoms in total. The number of aromatic nitrogens is 3. The minimum Gasteiger partial charge on any atom is -0.381 e. The molecular formula is C15H20N4O2. The summed E-state index contributed by atoms with van der Waals surface area (Å²) in [5, 5.41) is 4.12. The number of ether oxygens (including phenoxy) is 1. The Bertz CT molecular complexity index is 605. The van der Waals surface area contributed by atoms with Crippen molar-refractivity contribution in [1.82, 2.24) is 15.1 Å². The average molecular weight is 288 g/mol. The van der Waals surface area contributed by atoms with Crippen molar-refractivity contribution in [3.63, 3.8) is 0 Å². The van der Waals surface area contributed by atoms with Gasteiger partial charge in [0.2, 0.25) is 11.7 Å². The van der Waals surface area contributed by atoms with Gasteiger partial charge in [0.05, 0.1) is 5.41 Å². The van der Waals surface area contributed by atoms with Crippen LogP contribution in [-0.4, -0.2) is 34.9 Å². The van der Waals surface area contributed by atoms with Crippen molar-refractivity contribution < 1.29 is 9.26 Å². The first-order valence-corrected chi connectivity index (χ1v) is 7.35. The molecular weight excluding hydrogens is 268 g/mol. The fraction of sp³-hybridized carbons (Fsp3) is 0.533. The summed E-state index contributed by atoms with van der Waals surface area (Å²) in [7, 11) is 0. The van der Waals surface area contributed by atoms with E-state index in [9.17, 15) is 0 Å². The lowest BCUT2D eigenvalue weighted by Crippen LogP contribution is -2.40. The number of rotatable bonds is 4. The molecule has 1 aliphatic heterocycles. The second-order valence-corrected chi connectivity index (χ2v) is 5.38.